The highest BCUT2D eigenvalue weighted by Gasteiger charge is 2.18. The molecule has 0 aliphatic heterocycles. The Hall–Kier alpha value is -1.36. The van der Waals surface area contributed by atoms with E-state index in [9.17, 15) is 4.79 Å². The molecule has 1 rings (SSSR count). The lowest BCUT2D eigenvalue weighted by molar-refractivity contribution is -0.123. The minimum absolute atomic E-state index is 0.0738. The highest BCUT2D eigenvalue weighted by molar-refractivity contribution is 5.81. The Morgan fingerprint density at radius 1 is 1.65 bits per heavy atom. The van der Waals surface area contributed by atoms with Crippen LogP contribution in [0.3, 0.4) is 0 Å². The van der Waals surface area contributed by atoms with Crippen LogP contribution in [0.5, 0.6) is 0 Å². The van der Waals surface area contributed by atoms with Gasteiger partial charge in [-0.15, -0.1) is 0 Å². The first kappa shape index (κ1) is 13.7. The summed E-state index contributed by atoms with van der Waals surface area (Å²) in [5, 5.41) is 7.08. The van der Waals surface area contributed by atoms with Crippen LogP contribution in [0.1, 0.15) is 26.0 Å². The second-order valence-electron chi connectivity index (χ2n) is 4.43. The van der Waals surface area contributed by atoms with E-state index >= 15 is 0 Å². The molecule has 1 aromatic heterocycles. The quantitative estimate of drug-likeness (QED) is 0.756. The Morgan fingerprint density at radius 2 is 2.35 bits per heavy atom. The molecule has 0 aromatic carbocycles. The van der Waals surface area contributed by atoms with Crippen LogP contribution in [0.15, 0.2) is 12.3 Å². The zero-order valence-corrected chi connectivity index (χ0v) is 10.8. The van der Waals surface area contributed by atoms with Gasteiger partial charge in [0, 0.05) is 26.2 Å². The van der Waals surface area contributed by atoms with Crippen molar-refractivity contribution < 1.29 is 4.79 Å². The van der Waals surface area contributed by atoms with Gasteiger partial charge in [-0.05, 0) is 12.0 Å². The largest absolute Gasteiger partial charge is 0.354 e. The van der Waals surface area contributed by atoms with E-state index in [1.54, 1.807) is 4.68 Å². The van der Waals surface area contributed by atoms with Crippen molar-refractivity contribution >= 4 is 5.91 Å². The van der Waals surface area contributed by atoms with Crippen molar-refractivity contribution in [1.29, 1.82) is 0 Å². The highest BCUT2D eigenvalue weighted by Crippen LogP contribution is 2.05. The molecule has 5 nitrogen and oxygen atoms in total. The number of nitrogens with one attached hydrogen (secondary N) is 1. The summed E-state index contributed by atoms with van der Waals surface area (Å²) in [6.45, 7) is 4.61. The first-order valence-electron chi connectivity index (χ1n) is 6.06. The molecule has 1 aromatic rings. The highest BCUT2D eigenvalue weighted by atomic mass is 16.2. The van der Waals surface area contributed by atoms with Crippen LogP contribution >= 0.6 is 0 Å². The molecule has 0 saturated carbocycles. The average Bonchev–Trinajstić information content (AvgIpc) is 2.72. The Bertz CT molecular complexity index is 361. The van der Waals surface area contributed by atoms with E-state index in [-0.39, 0.29) is 11.8 Å². The second-order valence-corrected chi connectivity index (χ2v) is 4.43. The molecule has 1 amide bonds. The van der Waals surface area contributed by atoms with Crippen molar-refractivity contribution in [3.63, 3.8) is 0 Å². The van der Waals surface area contributed by atoms with Gasteiger partial charge >= 0.3 is 0 Å². The predicted octanol–water partition coefficient (Wildman–Crippen LogP) is 0.452. The first-order valence-corrected chi connectivity index (χ1v) is 6.06. The summed E-state index contributed by atoms with van der Waals surface area (Å²) in [6.07, 6.45) is 3.54. The van der Waals surface area contributed by atoms with Crippen LogP contribution < -0.4 is 11.1 Å². The third kappa shape index (κ3) is 4.19. The normalized spacial score (nSPS) is 14.4. The van der Waals surface area contributed by atoms with Gasteiger partial charge in [-0.3, -0.25) is 9.48 Å². The number of carbonyl (C=O) groups excluding carboxylic acids is 1. The topological polar surface area (TPSA) is 72.9 Å². The molecule has 0 saturated heterocycles. The maximum atomic E-state index is 11.7. The number of nitrogens with two attached hydrogens (primary N) is 1. The summed E-state index contributed by atoms with van der Waals surface area (Å²) in [4.78, 5) is 11.7. The number of carbonyl (C=O) groups is 1. The number of aromatic nitrogens is 2. The average molecular weight is 238 g/mol. The van der Waals surface area contributed by atoms with Gasteiger partial charge < -0.3 is 11.1 Å². The van der Waals surface area contributed by atoms with Gasteiger partial charge in [0.25, 0.3) is 0 Å². The third-order valence-corrected chi connectivity index (χ3v) is 3.01. The van der Waals surface area contributed by atoms with Gasteiger partial charge in [0.15, 0.2) is 0 Å². The monoisotopic (exact) mass is 238 g/mol. The minimum atomic E-state index is -0.413. The van der Waals surface area contributed by atoms with Crippen LogP contribution in [0.4, 0.5) is 0 Å². The standard InChI is InChI=1S/C12H22N4O/c1-4-9(2)11(13)12(17)14-7-5-10-6-8-16(3)15-10/h6,8-9,11H,4-5,7,13H2,1-3H3,(H,14,17). The summed E-state index contributed by atoms with van der Waals surface area (Å²) in [7, 11) is 1.88. The predicted molar refractivity (Wildman–Crippen MR) is 67.4 cm³/mol. The smallest absolute Gasteiger partial charge is 0.237 e. The summed E-state index contributed by atoms with van der Waals surface area (Å²) in [5.74, 6) is 0.139. The molecular formula is C12H22N4O. The Labute approximate surface area is 102 Å². The second kappa shape index (κ2) is 6.39. The number of hydrogen-bond donors (Lipinski definition) is 2. The van der Waals surface area contributed by atoms with Crippen LogP contribution in [-0.2, 0) is 18.3 Å². The van der Waals surface area contributed by atoms with E-state index in [1.807, 2.05) is 33.2 Å². The van der Waals surface area contributed by atoms with Gasteiger partial charge in [0.05, 0.1) is 11.7 Å². The Morgan fingerprint density at radius 3 is 2.88 bits per heavy atom. The molecule has 3 N–H and O–H groups in total. The van der Waals surface area contributed by atoms with E-state index in [2.05, 4.69) is 10.4 Å². The number of amides is 1. The summed E-state index contributed by atoms with van der Waals surface area (Å²) in [5.41, 5.74) is 6.80. The zero-order chi connectivity index (χ0) is 12.8. The third-order valence-electron chi connectivity index (χ3n) is 3.01. The molecule has 0 aliphatic rings. The van der Waals surface area contributed by atoms with Crippen LogP contribution in [0.2, 0.25) is 0 Å². The molecule has 5 heteroatoms. The number of rotatable bonds is 6. The number of aryl methyl sites for hydroxylation is 1. The maximum Gasteiger partial charge on any atom is 0.237 e. The number of nitrogens with zero attached hydrogens (tertiary/aromatic N) is 2. The van der Waals surface area contributed by atoms with Crippen molar-refractivity contribution in [3.8, 4) is 0 Å². The minimum Gasteiger partial charge on any atom is -0.354 e. The van der Waals surface area contributed by atoms with Gasteiger partial charge in [-0.25, -0.2) is 0 Å². The lowest BCUT2D eigenvalue weighted by atomic mass is 9.99. The molecule has 0 fully saturated rings. The molecule has 96 valence electrons. The molecule has 0 radical (unpaired) electrons. The lowest BCUT2D eigenvalue weighted by Gasteiger charge is -2.17. The fraction of sp³-hybridized carbons (Fsp3) is 0.667. The van der Waals surface area contributed by atoms with E-state index in [0.29, 0.717) is 6.54 Å². The molecule has 2 atom stereocenters. The van der Waals surface area contributed by atoms with Crippen molar-refractivity contribution in [2.75, 3.05) is 6.54 Å². The molecule has 2 unspecified atom stereocenters. The van der Waals surface area contributed by atoms with Crippen LogP contribution in [0, 0.1) is 5.92 Å². The van der Waals surface area contributed by atoms with Gasteiger partial charge in [0.1, 0.15) is 0 Å². The SMILES string of the molecule is CCC(C)C(N)C(=O)NCCc1ccn(C)n1. The van der Waals surface area contributed by atoms with Gasteiger partial charge in [-0.1, -0.05) is 20.3 Å². The first-order chi connectivity index (χ1) is 8.04. The molecular weight excluding hydrogens is 216 g/mol. The molecule has 0 spiro atoms. The van der Waals surface area contributed by atoms with Crippen molar-refractivity contribution in [3.05, 3.63) is 18.0 Å². The van der Waals surface area contributed by atoms with E-state index in [0.717, 1.165) is 18.5 Å². The summed E-state index contributed by atoms with van der Waals surface area (Å²) < 4.78 is 1.75. The summed E-state index contributed by atoms with van der Waals surface area (Å²) >= 11 is 0. The van der Waals surface area contributed by atoms with Crippen LogP contribution in [-0.4, -0.2) is 28.3 Å². The fourth-order valence-corrected chi connectivity index (χ4v) is 1.54. The Balaban J connectivity index is 2.29. The van der Waals surface area contributed by atoms with Gasteiger partial charge in [-0.2, -0.15) is 5.10 Å². The molecule has 0 bridgehead atoms. The molecule has 17 heavy (non-hydrogen) atoms. The van der Waals surface area contributed by atoms with E-state index in [4.69, 9.17) is 5.73 Å². The van der Waals surface area contributed by atoms with Crippen molar-refractivity contribution in [2.45, 2.75) is 32.7 Å². The fourth-order valence-electron chi connectivity index (χ4n) is 1.54. The number of hydrogen-bond acceptors (Lipinski definition) is 3. The Kier molecular flexibility index (Phi) is 5.15. The van der Waals surface area contributed by atoms with E-state index < -0.39 is 6.04 Å². The molecule has 1 heterocycles. The van der Waals surface area contributed by atoms with Gasteiger partial charge in [0.2, 0.25) is 5.91 Å². The van der Waals surface area contributed by atoms with E-state index in [1.165, 1.54) is 0 Å². The maximum absolute atomic E-state index is 11.7. The zero-order valence-electron chi connectivity index (χ0n) is 10.8. The van der Waals surface area contributed by atoms with Crippen LogP contribution in [0.25, 0.3) is 0 Å². The summed E-state index contributed by atoms with van der Waals surface area (Å²) in [6, 6.07) is 1.53. The van der Waals surface area contributed by atoms with Crippen molar-refractivity contribution in [2.24, 2.45) is 18.7 Å². The lowest BCUT2D eigenvalue weighted by Crippen LogP contribution is -2.45. The van der Waals surface area contributed by atoms with Crippen molar-refractivity contribution in [1.82, 2.24) is 15.1 Å². The molecule has 0 aliphatic carbocycles.